The Balaban J connectivity index is 2.31. The molecule has 20 heavy (non-hydrogen) atoms. The first-order valence-electron chi connectivity index (χ1n) is 5.62. The molecule has 1 heterocycles. The number of carbonyl (C=O) groups is 1. The molecule has 1 aromatic heterocycles. The van der Waals surface area contributed by atoms with Crippen LogP contribution in [0.25, 0.3) is 0 Å². The Morgan fingerprint density at radius 2 is 1.90 bits per heavy atom. The third-order valence-corrected chi connectivity index (χ3v) is 2.57. The van der Waals surface area contributed by atoms with E-state index in [0.29, 0.717) is 0 Å². The average Bonchev–Trinajstić information content (AvgIpc) is 2.47. The second kappa shape index (κ2) is 5.60. The Hall–Kier alpha value is -2.57. The SMILES string of the molecule is CNc1ncccc1C(=O)Nc1ccc(F)c(F)c1F. The van der Waals surface area contributed by atoms with Crippen LogP contribution in [0, 0.1) is 17.5 Å². The zero-order chi connectivity index (χ0) is 14.7. The molecule has 0 aliphatic heterocycles. The highest BCUT2D eigenvalue weighted by molar-refractivity contribution is 6.07. The summed E-state index contributed by atoms with van der Waals surface area (Å²) in [5.74, 6) is -4.81. The minimum absolute atomic E-state index is 0.152. The van der Waals surface area contributed by atoms with E-state index in [-0.39, 0.29) is 11.4 Å². The smallest absolute Gasteiger partial charge is 0.259 e. The minimum Gasteiger partial charge on any atom is -0.372 e. The molecule has 0 saturated carbocycles. The summed E-state index contributed by atoms with van der Waals surface area (Å²) in [6.07, 6.45) is 1.47. The molecule has 1 aromatic carbocycles. The van der Waals surface area contributed by atoms with Gasteiger partial charge in [-0.2, -0.15) is 0 Å². The van der Waals surface area contributed by atoms with E-state index in [2.05, 4.69) is 15.6 Å². The number of hydrogen-bond acceptors (Lipinski definition) is 3. The van der Waals surface area contributed by atoms with E-state index in [0.717, 1.165) is 12.1 Å². The fraction of sp³-hybridized carbons (Fsp3) is 0.0769. The van der Waals surface area contributed by atoms with Gasteiger partial charge >= 0.3 is 0 Å². The summed E-state index contributed by atoms with van der Waals surface area (Å²) in [7, 11) is 1.57. The van der Waals surface area contributed by atoms with Gasteiger partial charge in [0.05, 0.1) is 11.3 Å². The lowest BCUT2D eigenvalue weighted by molar-refractivity contribution is 0.102. The highest BCUT2D eigenvalue weighted by Gasteiger charge is 2.17. The maximum atomic E-state index is 13.5. The van der Waals surface area contributed by atoms with Crippen LogP contribution in [0.2, 0.25) is 0 Å². The Kier molecular flexibility index (Phi) is 3.88. The molecule has 0 atom stereocenters. The minimum atomic E-state index is -1.64. The van der Waals surface area contributed by atoms with Crippen LogP contribution in [-0.4, -0.2) is 17.9 Å². The normalized spacial score (nSPS) is 10.2. The van der Waals surface area contributed by atoms with Gasteiger partial charge in [0.2, 0.25) is 0 Å². The second-order valence-electron chi connectivity index (χ2n) is 3.83. The van der Waals surface area contributed by atoms with Crippen molar-refractivity contribution in [3.8, 4) is 0 Å². The molecule has 0 unspecified atom stereocenters. The zero-order valence-corrected chi connectivity index (χ0v) is 10.4. The molecular formula is C13H10F3N3O. The van der Waals surface area contributed by atoms with Gasteiger partial charge in [0.1, 0.15) is 5.82 Å². The van der Waals surface area contributed by atoms with Crippen molar-refractivity contribution in [2.24, 2.45) is 0 Å². The molecule has 0 bridgehead atoms. The number of halogens is 3. The summed E-state index contributed by atoms with van der Waals surface area (Å²) in [4.78, 5) is 15.9. The van der Waals surface area contributed by atoms with E-state index in [1.807, 2.05) is 0 Å². The number of benzene rings is 1. The summed E-state index contributed by atoms with van der Waals surface area (Å²) in [5, 5.41) is 4.87. The molecular weight excluding hydrogens is 271 g/mol. The molecule has 2 aromatic rings. The van der Waals surface area contributed by atoms with E-state index in [4.69, 9.17) is 0 Å². The van der Waals surface area contributed by atoms with Crippen LogP contribution in [0.4, 0.5) is 24.7 Å². The summed E-state index contributed by atoms with van der Waals surface area (Å²) < 4.78 is 39.3. The van der Waals surface area contributed by atoms with Crippen molar-refractivity contribution in [3.63, 3.8) is 0 Å². The van der Waals surface area contributed by atoms with Gasteiger partial charge < -0.3 is 10.6 Å². The number of aromatic nitrogens is 1. The third kappa shape index (κ3) is 2.56. The quantitative estimate of drug-likeness (QED) is 0.851. The van der Waals surface area contributed by atoms with E-state index in [9.17, 15) is 18.0 Å². The van der Waals surface area contributed by atoms with Gasteiger partial charge in [0.25, 0.3) is 5.91 Å². The largest absolute Gasteiger partial charge is 0.372 e. The number of hydrogen-bond donors (Lipinski definition) is 2. The molecule has 0 aliphatic rings. The van der Waals surface area contributed by atoms with E-state index in [1.54, 1.807) is 7.05 Å². The highest BCUT2D eigenvalue weighted by atomic mass is 19.2. The van der Waals surface area contributed by atoms with Gasteiger partial charge in [0, 0.05) is 13.2 Å². The number of pyridine rings is 1. The summed E-state index contributed by atoms with van der Waals surface area (Å²) in [6, 6.07) is 4.67. The number of carbonyl (C=O) groups excluding carboxylic acids is 1. The monoisotopic (exact) mass is 281 g/mol. The van der Waals surface area contributed by atoms with Crippen LogP contribution in [0.1, 0.15) is 10.4 Å². The first-order chi connectivity index (χ1) is 9.54. The van der Waals surface area contributed by atoms with Crippen molar-refractivity contribution in [2.75, 3.05) is 17.7 Å². The summed E-state index contributed by atoms with van der Waals surface area (Å²) >= 11 is 0. The van der Waals surface area contributed by atoms with Crippen molar-refractivity contribution < 1.29 is 18.0 Å². The third-order valence-electron chi connectivity index (χ3n) is 2.57. The van der Waals surface area contributed by atoms with Crippen molar-refractivity contribution in [1.29, 1.82) is 0 Å². The fourth-order valence-electron chi connectivity index (χ4n) is 1.60. The van der Waals surface area contributed by atoms with Crippen LogP contribution >= 0.6 is 0 Å². The Labute approximate surface area is 112 Å². The van der Waals surface area contributed by atoms with Crippen LogP contribution in [0.5, 0.6) is 0 Å². The Bertz CT molecular complexity index is 661. The molecule has 0 spiro atoms. The molecule has 0 radical (unpaired) electrons. The first-order valence-corrected chi connectivity index (χ1v) is 5.62. The van der Waals surface area contributed by atoms with Crippen molar-refractivity contribution in [3.05, 3.63) is 53.5 Å². The van der Waals surface area contributed by atoms with Crippen molar-refractivity contribution in [1.82, 2.24) is 4.98 Å². The van der Waals surface area contributed by atoms with Gasteiger partial charge in [-0.3, -0.25) is 4.79 Å². The van der Waals surface area contributed by atoms with Crippen molar-refractivity contribution in [2.45, 2.75) is 0 Å². The highest BCUT2D eigenvalue weighted by Crippen LogP contribution is 2.21. The van der Waals surface area contributed by atoms with Gasteiger partial charge in [-0.25, -0.2) is 18.2 Å². The Morgan fingerprint density at radius 3 is 2.60 bits per heavy atom. The summed E-state index contributed by atoms with van der Waals surface area (Å²) in [6.45, 7) is 0. The molecule has 4 nitrogen and oxygen atoms in total. The number of nitrogens with one attached hydrogen (secondary N) is 2. The van der Waals surface area contributed by atoms with Crippen molar-refractivity contribution >= 4 is 17.4 Å². The maximum absolute atomic E-state index is 13.5. The van der Waals surface area contributed by atoms with E-state index in [1.165, 1.54) is 18.3 Å². The lowest BCUT2D eigenvalue weighted by Gasteiger charge is -2.09. The summed E-state index contributed by atoms with van der Waals surface area (Å²) in [5.41, 5.74) is -0.293. The predicted octanol–water partition coefficient (Wildman–Crippen LogP) is 2.79. The van der Waals surface area contributed by atoms with Crippen LogP contribution in [-0.2, 0) is 0 Å². The lowest BCUT2D eigenvalue weighted by atomic mass is 10.2. The predicted molar refractivity (Wildman–Crippen MR) is 68.1 cm³/mol. The van der Waals surface area contributed by atoms with Crippen LogP contribution in [0.3, 0.4) is 0 Å². The second-order valence-corrected chi connectivity index (χ2v) is 3.83. The average molecular weight is 281 g/mol. The Morgan fingerprint density at radius 1 is 1.15 bits per heavy atom. The zero-order valence-electron chi connectivity index (χ0n) is 10.4. The number of anilines is 2. The van der Waals surface area contributed by atoms with E-state index < -0.39 is 29.0 Å². The topological polar surface area (TPSA) is 54.0 Å². The number of nitrogens with zero attached hydrogens (tertiary/aromatic N) is 1. The fourth-order valence-corrected chi connectivity index (χ4v) is 1.60. The lowest BCUT2D eigenvalue weighted by Crippen LogP contribution is -2.16. The van der Waals surface area contributed by atoms with Gasteiger partial charge in [-0.15, -0.1) is 0 Å². The molecule has 0 fully saturated rings. The number of amides is 1. The number of rotatable bonds is 3. The van der Waals surface area contributed by atoms with Crippen LogP contribution < -0.4 is 10.6 Å². The standard InChI is InChI=1S/C13H10F3N3O/c1-17-12-7(3-2-6-18-12)13(20)19-9-5-4-8(14)10(15)11(9)16/h2-6H,1H3,(H,17,18)(H,19,20). The van der Waals surface area contributed by atoms with Gasteiger partial charge in [-0.05, 0) is 24.3 Å². The molecule has 0 aliphatic carbocycles. The van der Waals surface area contributed by atoms with Gasteiger partial charge in [0.15, 0.2) is 17.5 Å². The first kappa shape index (κ1) is 13.9. The molecule has 2 N–H and O–H groups in total. The maximum Gasteiger partial charge on any atom is 0.259 e. The molecule has 0 saturated heterocycles. The van der Waals surface area contributed by atoms with Crippen LogP contribution in [0.15, 0.2) is 30.5 Å². The molecule has 104 valence electrons. The van der Waals surface area contributed by atoms with E-state index >= 15 is 0 Å². The molecule has 7 heteroatoms. The molecule has 2 rings (SSSR count). The van der Waals surface area contributed by atoms with Gasteiger partial charge in [-0.1, -0.05) is 0 Å². The molecule has 1 amide bonds.